The molecule has 0 heterocycles. The van der Waals surface area contributed by atoms with Crippen molar-refractivity contribution >= 4 is 11.7 Å². The molecular weight excluding hydrogens is 242 g/mol. The smallest absolute Gasteiger partial charge is 0.251 e. The molecule has 1 rings (SSSR count). The van der Waals surface area contributed by atoms with Crippen molar-refractivity contribution in [1.82, 2.24) is 5.32 Å². The van der Waals surface area contributed by atoms with Gasteiger partial charge in [-0.15, -0.1) is 0 Å². The predicted molar refractivity (Wildman–Crippen MR) is 75.6 cm³/mol. The van der Waals surface area contributed by atoms with Crippen molar-refractivity contribution < 1.29 is 10.0 Å². The van der Waals surface area contributed by atoms with E-state index in [-0.39, 0.29) is 11.7 Å². The molecule has 19 heavy (non-hydrogen) atoms. The van der Waals surface area contributed by atoms with Gasteiger partial charge in [0.05, 0.1) is 0 Å². The van der Waals surface area contributed by atoms with Crippen molar-refractivity contribution in [2.24, 2.45) is 10.9 Å². The van der Waals surface area contributed by atoms with Crippen LogP contribution in [0.2, 0.25) is 0 Å². The molecule has 1 amide bonds. The number of nitrogens with two attached hydrogens (primary N) is 1. The van der Waals surface area contributed by atoms with E-state index < -0.39 is 0 Å². The summed E-state index contributed by atoms with van der Waals surface area (Å²) in [5.74, 6) is 0.103. The van der Waals surface area contributed by atoms with Crippen LogP contribution in [-0.2, 0) is 0 Å². The van der Waals surface area contributed by atoms with Crippen molar-refractivity contribution in [2.45, 2.75) is 33.6 Å². The number of amides is 1. The Kier molecular flexibility index (Phi) is 5.36. The summed E-state index contributed by atoms with van der Waals surface area (Å²) in [5, 5.41) is 14.1. The Labute approximate surface area is 113 Å². The van der Waals surface area contributed by atoms with Gasteiger partial charge in [-0.25, -0.2) is 0 Å². The zero-order valence-corrected chi connectivity index (χ0v) is 11.7. The molecule has 0 unspecified atom stereocenters. The van der Waals surface area contributed by atoms with Gasteiger partial charge in [0.1, 0.15) is 5.84 Å². The Hall–Kier alpha value is -2.04. The Morgan fingerprint density at radius 3 is 2.42 bits per heavy atom. The van der Waals surface area contributed by atoms with Crippen LogP contribution in [0.15, 0.2) is 17.3 Å². The number of hydrogen-bond donors (Lipinski definition) is 3. The minimum absolute atomic E-state index is 0.0745. The number of hydrogen-bond acceptors (Lipinski definition) is 3. The van der Waals surface area contributed by atoms with Gasteiger partial charge in [-0.1, -0.05) is 22.9 Å². The minimum Gasteiger partial charge on any atom is -0.409 e. The monoisotopic (exact) mass is 263 g/mol. The summed E-state index contributed by atoms with van der Waals surface area (Å²) in [5.41, 5.74) is 9.19. The number of carbonyl (C=O) groups excluding carboxylic acids is 1. The molecule has 0 spiro atoms. The molecule has 0 bridgehead atoms. The van der Waals surface area contributed by atoms with Gasteiger partial charge in [0.2, 0.25) is 0 Å². The third-order valence-electron chi connectivity index (χ3n) is 2.93. The zero-order chi connectivity index (χ0) is 14.4. The second-order valence-corrected chi connectivity index (χ2v) is 4.72. The van der Waals surface area contributed by atoms with E-state index in [1.807, 2.05) is 32.9 Å². The van der Waals surface area contributed by atoms with E-state index in [4.69, 9.17) is 10.9 Å². The third-order valence-corrected chi connectivity index (χ3v) is 2.93. The van der Waals surface area contributed by atoms with E-state index in [2.05, 4.69) is 10.5 Å². The summed E-state index contributed by atoms with van der Waals surface area (Å²) in [7, 11) is 0. The van der Waals surface area contributed by atoms with Crippen LogP contribution in [-0.4, -0.2) is 23.5 Å². The van der Waals surface area contributed by atoms with Gasteiger partial charge in [0.15, 0.2) is 0 Å². The van der Waals surface area contributed by atoms with Gasteiger partial charge in [-0.3, -0.25) is 4.79 Å². The van der Waals surface area contributed by atoms with E-state index in [0.717, 1.165) is 22.3 Å². The maximum Gasteiger partial charge on any atom is 0.251 e. The highest BCUT2D eigenvalue weighted by molar-refractivity contribution is 5.97. The molecule has 0 aliphatic heterocycles. The number of rotatable bonds is 5. The first-order valence-corrected chi connectivity index (χ1v) is 6.28. The first-order chi connectivity index (χ1) is 8.95. The number of aryl methyl sites for hydroxylation is 3. The van der Waals surface area contributed by atoms with Crippen LogP contribution in [0.5, 0.6) is 0 Å². The van der Waals surface area contributed by atoms with E-state index >= 15 is 0 Å². The number of oxime groups is 1. The maximum absolute atomic E-state index is 12.1. The Bertz CT molecular complexity index is 472. The molecule has 0 saturated carbocycles. The highest BCUT2D eigenvalue weighted by Crippen LogP contribution is 2.16. The Morgan fingerprint density at radius 1 is 1.32 bits per heavy atom. The average molecular weight is 263 g/mol. The van der Waals surface area contributed by atoms with E-state index in [0.29, 0.717) is 19.4 Å². The molecule has 0 aliphatic carbocycles. The molecule has 104 valence electrons. The number of benzene rings is 1. The first kappa shape index (κ1) is 15.0. The summed E-state index contributed by atoms with van der Waals surface area (Å²) in [6.07, 6.45) is 1.11. The van der Waals surface area contributed by atoms with Gasteiger partial charge in [0.25, 0.3) is 5.91 Å². The lowest BCUT2D eigenvalue weighted by Crippen LogP contribution is -2.27. The second-order valence-electron chi connectivity index (χ2n) is 4.72. The largest absolute Gasteiger partial charge is 0.409 e. The van der Waals surface area contributed by atoms with Gasteiger partial charge in [-0.05, 0) is 38.3 Å². The van der Waals surface area contributed by atoms with E-state index in [1.54, 1.807) is 0 Å². The molecule has 5 heteroatoms. The van der Waals surface area contributed by atoms with Crippen LogP contribution < -0.4 is 11.1 Å². The summed E-state index contributed by atoms with van der Waals surface area (Å²) in [4.78, 5) is 12.1. The number of carbonyl (C=O) groups is 1. The lowest BCUT2D eigenvalue weighted by atomic mass is 9.99. The highest BCUT2D eigenvalue weighted by Gasteiger charge is 2.12. The summed E-state index contributed by atoms with van der Waals surface area (Å²) in [6, 6.07) is 4.00. The SMILES string of the molecule is Cc1cc(C)c(C(=O)NCCCC(N)=NO)c(C)c1. The van der Waals surface area contributed by atoms with Crippen molar-refractivity contribution in [3.63, 3.8) is 0 Å². The molecule has 0 atom stereocenters. The summed E-state index contributed by atoms with van der Waals surface area (Å²) in [6.45, 7) is 6.39. The van der Waals surface area contributed by atoms with Gasteiger partial charge < -0.3 is 16.3 Å². The molecule has 0 aromatic heterocycles. The van der Waals surface area contributed by atoms with Crippen molar-refractivity contribution in [1.29, 1.82) is 0 Å². The molecular formula is C14H21N3O2. The van der Waals surface area contributed by atoms with Crippen LogP contribution in [0.3, 0.4) is 0 Å². The molecule has 0 saturated heterocycles. The van der Waals surface area contributed by atoms with Crippen LogP contribution >= 0.6 is 0 Å². The van der Waals surface area contributed by atoms with E-state index in [1.165, 1.54) is 0 Å². The van der Waals surface area contributed by atoms with Crippen molar-refractivity contribution in [3.05, 3.63) is 34.4 Å². The zero-order valence-electron chi connectivity index (χ0n) is 11.7. The standard InChI is InChI=1S/C14H21N3O2/c1-9-7-10(2)13(11(3)8-9)14(18)16-6-4-5-12(15)17-19/h7-8,19H,4-6H2,1-3H3,(H2,15,17)(H,16,18). The first-order valence-electron chi connectivity index (χ1n) is 6.28. The van der Waals surface area contributed by atoms with Crippen molar-refractivity contribution in [3.8, 4) is 0 Å². The van der Waals surface area contributed by atoms with Crippen LogP contribution in [0, 0.1) is 20.8 Å². The molecule has 1 aromatic rings. The fourth-order valence-electron chi connectivity index (χ4n) is 2.15. The molecule has 1 aromatic carbocycles. The Balaban J connectivity index is 2.60. The second kappa shape index (κ2) is 6.78. The minimum atomic E-state index is -0.0745. The van der Waals surface area contributed by atoms with Gasteiger partial charge >= 0.3 is 0 Å². The fraction of sp³-hybridized carbons (Fsp3) is 0.429. The molecule has 0 aliphatic rings. The number of nitrogens with zero attached hydrogens (tertiary/aromatic N) is 1. The lowest BCUT2D eigenvalue weighted by molar-refractivity contribution is 0.0952. The highest BCUT2D eigenvalue weighted by atomic mass is 16.4. The van der Waals surface area contributed by atoms with Crippen LogP contribution in [0.4, 0.5) is 0 Å². The molecule has 4 N–H and O–H groups in total. The Morgan fingerprint density at radius 2 is 1.89 bits per heavy atom. The average Bonchev–Trinajstić information content (AvgIpc) is 2.33. The molecule has 0 radical (unpaired) electrons. The quantitative estimate of drug-likeness (QED) is 0.249. The maximum atomic E-state index is 12.1. The predicted octanol–water partition coefficient (Wildman–Crippen LogP) is 1.87. The molecule has 0 fully saturated rings. The third kappa shape index (κ3) is 4.28. The van der Waals surface area contributed by atoms with Gasteiger partial charge in [0, 0.05) is 18.5 Å². The molecule has 5 nitrogen and oxygen atoms in total. The topological polar surface area (TPSA) is 87.7 Å². The van der Waals surface area contributed by atoms with Gasteiger partial charge in [-0.2, -0.15) is 0 Å². The normalized spacial score (nSPS) is 11.4. The number of amidine groups is 1. The van der Waals surface area contributed by atoms with E-state index in [9.17, 15) is 4.79 Å². The summed E-state index contributed by atoms with van der Waals surface area (Å²) >= 11 is 0. The van der Waals surface area contributed by atoms with Crippen LogP contribution in [0.1, 0.15) is 39.9 Å². The fourth-order valence-corrected chi connectivity index (χ4v) is 2.15. The lowest BCUT2D eigenvalue weighted by Gasteiger charge is -2.11. The summed E-state index contributed by atoms with van der Waals surface area (Å²) < 4.78 is 0. The van der Waals surface area contributed by atoms with Crippen molar-refractivity contribution in [2.75, 3.05) is 6.54 Å². The van der Waals surface area contributed by atoms with Crippen LogP contribution in [0.25, 0.3) is 0 Å². The number of nitrogens with one attached hydrogen (secondary N) is 1.